The number of hydrogen-bond donors (Lipinski definition) is 1. The van der Waals surface area contributed by atoms with Crippen LogP contribution in [0.15, 0.2) is 24.7 Å². The maximum absolute atomic E-state index is 12.5. The second-order valence-corrected chi connectivity index (χ2v) is 4.65. The molecule has 0 aromatic carbocycles. The Bertz CT molecular complexity index is 726. The Balaban J connectivity index is 1.93. The van der Waals surface area contributed by atoms with E-state index in [1.165, 1.54) is 11.0 Å². The van der Waals surface area contributed by atoms with E-state index in [-0.39, 0.29) is 17.1 Å². The molecule has 0 atom stereocenters. The summed E-state index contributed by atoms with van der Waals surface area (Å²) in [7, 11) is 0. The second-order valence-electron chi connectivity index (χ2n) is 4.65. The number of hydrogen-bond acceptors (Lipinski definition) is 6. The molecule has 1 amide bonds. The van der Waals surface area contributed by atoms with Crippen molar-refractivity contribution in [1.29, 1.82) is 0 Å². The van der Waals surface area contributed by atoms with Gasteiger partial charge in [0.1, 0.15) is 23.4 Å². The number of anilines is 1. The Morgan fingerprint density at radius 2 is 2.19 bits per heavy atom. The van der Waals surface area contributed by atoms with Crippen LogP contribution in [0.4, 0.5) is 11.5 Å². The van der Waals surface area contributed by atoms with E-state index in [1.807, 2.05) is 10.8 Å². The minimum atomic E-state index is -0.634. The summed E-state index contributed by atoms with van der Waals surface area (Å²) in [6.07, 6.45) is 4.51. The molecule has 0 bridgehead atoms. The fourth-order valence-corrected chi connectivity index (χ4v) is 2.30. The highest BCUT2D eigenvalue weighted by atomic mass is 16.6. The van der Waals surface area contributed by atoms with E-state index in [0.29, 0.717) is 19.6 Å². The number of carbonyl (C=O) groups excluding carboxylic acids is 1. The van der Waals surface area contributed by atoms with Crippen LogP contribution in [0.5, 0.6) is 0 Å². The van der Waals surface area contributed by atoms with Crippen LogP contribution < -0.4 is 5.73 Å². The van der Waals surface area contributed by atoms with Crippen molar-refractivity contribution in [3.05, 3.63) is 46.2 Å². The van der Waals surface area contributed by atoms with Gasteiger partial charge in [0.25, 0.3) is 11.6 Å². The average Bonchev–Trinajstić information content (AvgIpc) is 2.93. The third-order valence-electron chi connectivity index (χ3n) is 3.36. The van der Waals surface area contributed by atoms with Crippen molar-refractivity contribution in [2.45, 2.75) is 13.1 Å². The quantitative estimate of drug-likeness (QED) is 0.631. The van der Waals surface area contributed by atoms with Gasteiger partial charge in [-0.2, -0.15) is 0 Å². The average molecular weight is 288 g/mol. The van der Waals surface area contributed by atoms with E-state index in [2.05, 4.69) is 9.97 Å². The number of nitrogens with two attached hydrogens (primary N) is 1. The van der Waals surface area contributed by atoms with E-state index in [0.717, 1.165) is 12.0 Å². The van der Waals surface area contributed by atoms with Gasteiger partial charge in [-0.3, -0.25) is 14.9 Å². The van der Waals surface area contributed by atoms with Crippen molar-refractivity contribution in [2.24, 2.45) is 0 Å². The summed E-state index contributed by atoms with van der Waals surface area (Å²) < 4.78 is 1.94. The predicted octanol–water partition coefficient (Wildman–Crippen LogP) is 0.424. The lowest BCUT2D eigenvalue weighted by Crippen LogP contribution is -2.38. The number of nitro groups is 1. The maximum Gasteiger partial charge on any atom is 0.300 e. The van der Waals surface area contributed by atoms with Crippen LogP contribution in [0.2, 0.25) is 0 Å². The van der Waals surface area contributed by atoms with Crippen molar-refractivity contribution < 1.29 is 9.72 Å². The van der Waals surface area contributed by atoms with Gasteiger partial charge in [0.2, 0.25) is 0 Å². The monoisotopic (exact) mass is 288 g/mol. The molecule has 9 nitrogen and oxygen atoms in total. The number of carbonyl (C=O) groups is 1. The van der Waals surface area contributed by atoms with Gasteiger partial charge in [-0.05, 0) is 6.07 Å². The molecule has 1 aliphatic heterocycles. The number of amides is 1. The number of pyridine rings is 1. The lowest BCUT2D eigenvalue weighted by Gasteiger charge is -2.27. The van der Waals surface area contributed by atoms with Crippen molar-refractivity contribution in [2.75, 3.05) is 12.3 Å². The van der Waals surface area contributed by atoms with Gasteiger partial charge in [0.05, 0.1) is 11.5 Å². The zero-order valence-corrected chi connectivity index (χ0v) is 11.0. The molecule has 0 unspecified atom stereocenters. The molecule has 0 saturated carbocycles. The highest BCUT2D eigenvalue weighted by Crippen LogP contribution is 2.22. The van der Waals surface area contributed by atoms with E-state index in [9.17, 15) is 14.9 Å². The van der Waals surface area contributed by atoms with Crippen LogP contribution in [-0.4, -0.2) is 36.8 Å². The van der Waals surface area contributed by atoms with Crippen LogP contribution in [0.3, 0.4) is 0 Å². The normalized spacial score (nSPS) is 13.8. The van der Waals surface area contributed by atoms with Crippen LogP contribution in [-0.2, 0) is 13.1 Å². The minimum absolute atomic E-state index is 0.0486. The Hall–Kier alpha value is -2.97. The first-order valence-electron chi connectivity index (χ1n) is 6.25. The first-order chi connectivity index (χ1) is 10.1. The molecular formula is C12H12N6O3. The van der Waals surface area contributed by atoms with Crippen molar-refractivity contribution in [3.63, 3.8) is 0 Å². The lowest BCUT2D eigenvalue weighted by molar-refractivity contribution is -0.385. The van der Waals surface area contributed by atoms with E-state index < -0.39 is 10.8 Å². The number of rotatable bonds is 2. The first-order valence-corrected chi connectivity index (χ1v) is 6.25. The SMILES string of the molecule is Nc1cc(C(=O)N2CCn3ccnc3C2)c([N+](=O)[O-])cn1. The summed E-state index contributed by atoms with van der Waals surface area (Å²) in [5, 5.41) is 11.0. The zero-order valence-electron chi connectivity index (χ0n) is 11.0. The molecule has 0 fully saturated rings. The smallest absolute Gasteiger partial charge is 0.300 e. The molecule has 21 heavy (non-hydrogen) atoms. The van der Waals surface area contributed by atoms with Gasteiger partial charge in [-0.25, -0.2) is 9.97 Å². The molecule has 2 N–H and O–H groups in total. The van der Waals surface area contributed by atoms with E-state index >= 15 is 0 Å². The lowest BCUT2D eigenvalue weighted by atomic mass is 10.2. The van der Waals surface area contributed by atoms with Crippen LogP contribution >= 0.6 is 0 Å². The van der Waals surface area contributed by atoms with Crippen molar-refractivity contribution in [1.82, 2.24) is 19.4 Å². The van der Waals surface area contributed by atoms with Gasteiger partial charge in [-0.1, -0.05) is 0 Å². The summed E-state index contributed by atoms with van der Waals surface area (Å²) >= 11 is 0. The molecule has 0 spiro atoms. The topological polar surface area (TPSA) is 120 Å². The molecule has 2 aromatic rings. The Morgan fingerprint density at radius 1 is 1.38 bits per heavy atom. The maximum atomic E-state index is 12.5. The van der Waals surface area contributed by atoms with Crippen LogP contribution in [0.25, 0.3) is 0 Å². The summed E-state index contributed by atoms with van der Waals surface area (Å²) in [4.78, 5) is 32.2. The van der Waals surface area contributed by atoms with E-state index in [1.54, 1.807) is 6.20 Å². The third-order valence-corrected chi connectivity index (χ3v) is 3.36. The van der Waals surface area contributed by atoms with Gasteiger partial charge >= 0.3 is 0 Å². The predicted molar refractivity (Wildman–Crippen MR) is 72.3 cm³/mol. The van der Waals surface area contributed by atoms with Crippen LogP contribution in [0, 0.1) is 10.1 Å². The highest BCUT2D eigenvalue weighted by molar-refractivity contribution is 5.98. The number of imidazole rings is 1. The molecule has 1 aliphatic rings. The number of aromatic nitrogens is 3. The largest absolute Gasteiger partial charge is 0.384 e. The minimum Gasteiger partial charge on any atom is -0.384 e. The Kier molecular flexibility index (Phi) is 3.01. The molecule has 0 radical (unpaired) electrons. The summed E-state index contributed by atoms with van der Waals surface area (Å²) in [6.45, 7) is 1.38. The molecule has 108 valence electrons. The third kappa shape index (κ3) is 2.29. The molecule has 3 heterocycles. The number of nitrogens with zero attached hydrogens (tertiary/aromatic N) is 5. The molecule has 0 aliphatic carbocycles. The molecule has 3 rings (SSSR count). The zero-order chi connectivity index (χ0) is 15.0. The molecule has 2 aromatic heterocycles. The molecular weight excluding hydrogens is 276 g/mol. The Morgan fingerprint density at radius 3 is 2.95 bits per heavy atom. The van der Waals surface area contributed by atoms with Gasteiger partial charge in [0.15, 0.2) is 0 Å². The van der Waals surface area contributed by atoms with Gasteiger partial charge in [0, 0.05) is 25.5 Å². The number of fused-ring (bicyclic) bond motifs is 1. The molecule has 0 saturated heterocycles. The summed E-state index contributed by atoms with van der Waals surface area (Å²) in [5.41, 5.74) is 5.14. The van der Waals surface area contributed by atoms with Crippen molar-refractivity contribution >= 4 is 17.4 Å². The van der Waals surface area contributed by atoms with E-state index in [4.69, 9.17) is 5.73 Å². The van der Waals surface area contributed by atoms with Gasteiger partial charge < -0.3 is 15.2 Å². The van der Waals surface area contributed by atoms with Gasteiger partial charge in [-0.15, -0.1) is 0 Å². The summed E-state index contributed by atoms with van der Waals surface area (Å²) in [5.74, 6) is 0.381. The first kappa shape index (κ1) is 13.0. The second kappa shape index (κ2) is 4.85. The highest BCUT2D eigenvalue weighted by Gasteiger charge is 2.28. The standard InChI is InChI=1S/C12H12N6O3/c13-10-5-8(9(6-15-10)18(20)21)12(19)17-4-3-16-2-1-14-11(16)7-17/h1-2,5-6H,3-4,7H2,(H2,13,15). The number of nitrogen functional groups attached to an aromatic ring is 1. The summed E-state index contributed by atoms with van der Waals surface area (Å²) in [6, 6.07) is 1.24. The fourth-order valence-electron chi connectivity index (χ4n) is 2.30. The van der Waals surface area contributed by atoms with Crippen LogP contribution in [0.1, 0.15) is 16.2 Å². The fraction of sp³-hybridized carbons (Fsp3) is 0.250. The van der Waals surface area contributed by atoms with Crippen molar-refractivity contribution in [3.8, 4) is 0 Å². The molecule has 9 heteroatoms. The Labute approximate surface area is 119 Å².